The molecule has 3 rings (SSSR count). The first-order valence-electron chi connectivity index (χ1n) is 6.85. The van der Waals surface area contributed by atoms with Crippen LogP contribution in [0, 0.1) is 5.92 Å². The average Bonchev–Trinajstić information content (AvgIpc) is 2.79. The lowest BCUT2D eigenvalue weighted by atomic mass is 9.78. The minimum atomic E-state index is -0.269. The van der Waals surface area contributed by atoms with E-state index in [1.807, 2.05) is 0 Å². The summed E-state index contributed by atoms with van der Waals surface area (Å²) in [5.41, 5.74) is 0. The number of ether oxygens (including phenoxy) is 2. The third kappa shape index (κ3) is 2.33. The number of carbonyl (C=O) groups is 1. The molecular formula is C13H21NO3. The number of piperidine rings is 1. The van der Waals surface area contributed by atoms with Gasteiger partial charge in [0.05, 0.1) is 13.2 Å². The monoisotopic (exact) mass is 239 g/mol. The highest BCUT2D eigenvalue weighted by Gasteiger charge is 2.42. The predicted octanol–water partition coefficient (Wildman–Crippen LogP) is 1.59. The van der Waals surface area contributed by atoms with Crippen molar-refractivity contribution in [3.8, 4) is 0 Å². The second kappa shape index (κ2) is 4.58. The highest BCUT2D eigenvalue weighted by atomic mass is 16.7. The number of amides is 1. The van der Waals surface area contributed by atoms with Crippen molar-refractivity contribution in [3.05, 3.63) is 0 Å². The summed E-state index contributed by atoms with van der Waals surface area (Å²) in [5, 5.41) is 3.14. The minimum absolute atomic E-state index is 0.231. The molecule has 0 bridgehead atoms. The van der Waals surface area contributed by atoms with E-state index in [4.69, 9.17) is 9.47 Å². The van der Waals surface area contributed by atoms with Gasteiger partial charge in [0.25, 0.3) is 0 Å². The fourth-order valence-electron chi connectivity index (χ4n) is 3.46. The maximum Gasteiger partial charge on any atom is 0.220 e. The van der Waals surface area contributed by atoms with Crippen molar-refractivity contribution in [2.75, 3.05) is 13.2 Å². The SMILES string of the molecule is O=C1CCCC(C2CCC3(CC2)OCCO3)N1. The Balaban J connectivity index is 1.55. The summed E-state index contributed by atoms with van der Waals surface area (Å²) >= 11 is 0. The van der Waals surface area contributed by atoms with Gasteiger partial charge in [-0.2, -0.15) is 0 Å². The van der Waals surface area contributed by atoms with Crippen LogP contribution in [0.2, 0.25) is 0 Å². The molecule has 4 heteroatoms. The van der Waals surface area contributed by atoms with Crippen molar-refractivity contribution < 1.29 is 14.3 Å². The van der Waals surface area contributed by atoms with Crippen LogP contribution in [0.15, 0.2) is 0 Å². The van der Waals surface area contributed by atoms with Crippen LogP contribution in [0.5, 0.6) is 0 Å². The molecule has 1 saturated carbocycles. The summed E-state index contributed by atoms with van der Waals surface area (Å²) in [5.74, 6) is 0.586. The molecule has 2 aliphatic heterocycles. The standard InChI is InChI=1S/C13H21NO3/c15-12-3-1-2-11(14-12)10-4-6-13(7-5-10)16-8-9-17-13/h10-11H,1-9H2,(H,14,15). The molecule has 2 saturated heterocycles. The van der Waals surface area contributed by atoms with Crippen LogP contribution in [0.4, 0.5) is 0 Å². The van der Waals surface area contributed by atoms with Gasteiger partial charge in [-0.25, -0.2) is 0 Å². The fourth-order valence-corrected chi connectivity index (χ4v) is 3.46. The lowest BCUT2D eigenvalue weighted by Gasteiger charge is -2.39. The Bertz CT molecular complexity index is 289. The van der Waals surface area contributed by atoms with Gasteiger partial charge in [-0.15, -0.1) is 0 Å². The van der Waals surface area contributed by atoms with E-state index in [-0.39, 0.29) is 11.7 Å². The van der Waals surface area contributed by atoms with Crippen molar-refractivity contribution >= 4 is 5.91 Å². The quantitative estimate of drug-likeness (QED) is 0.756. The molecule has 1 spiro atoms. The minimum Gasteiger partial charge on any atom is -0.353 e. The van der Waals surface area contributed by atoms with Gasteiger partial charge in [0.1, 0.15) is 0 Å². The van der Waals surface area contributed by atoms with Gasteiger partial charge in [-0.05, 0) is 31.6 Å². The van der Waals surface area contributed by atoms with E-state index in [9.17, 15) is 4.79 Å². The summed E-state index contributed by atoms with van der Waals surface area (Å²) in [6, 6.07) is 0.398. The molecule has 3 fully saturated rings. The van der Waals surface area contributed by atoms with Crippen LogP contribution in [0.3, 0.4) is 0 Å². The lowest BCUT2D eigenvalue weighted by Crippen LogP contribution is -2.47. The second-order valence-corrected chi connectivity index (χ2v) is 5.51. The van der Waals surface area contributed by atoms with E-state index in [0.717, 1.165) is 51.7 Å². The number of hydrogen-bond donors (Lipinski definition) is 1. The van der Waals surface area contributed by atoms with Crippen LogP contribution in [-0.4, -0.2) is 30.9 Å². The Morgan fingerprint density at radius 1 is 1.12 bits per heavy atom. The molecule has 0 aromatic carbocycles. The van der Waals surface area contributed by atoms with Gasteiger partial charge in [-0.1, -0.05) is 0 Å². The zero-order valence-corrected chi connectivity index (χ0v) is 10.2. The third-order valence-corrected chi connectivity index (χ3v) is 4.44. The molecule has 3 aliphatic rings. The largest absolute Gasteiger partial charge is 0.353 e. The summed E-state index contributed by atoms with van der Waals surface area (Å²) in [7, 11) is 0. The molecule has 1 atom stereocenters. The number of hydrogen-bond acceptors (Lipinski definition) is 3. The topological polar surface area (TPSA) is 47.6 Å². The van der Waals surface area contributed by atoms with Crippen molar-refractivity contribution in [1.82, 2.24) is 5.32 Å². The summed E-state index contributed by atoms with van der Waals surface area (Å²) in [4.78, 5) is 11.4. The van der Waals surface area contributed by atoms with Crippen molar-refractivity contribution in [2.24, 2.45) is 5.92 Å². The Morgan fingerprint density at radius 3 is 2.47 bits per heavy atom. The van der Waals surface area contributed by atoms with Crippen LogP contribution in [-0.2, 0) is 14.3 Å². The number of rotatable bonds is 1. The first-order chi connectivity index (χ1) is 8.27. The van der Waals surface area contributed by atoms with Gasteiger partial charge in [0.15, 0.2) is 5.79 Å². The molecule has 4 nitrogen and oxygen atoms in total. The van der Waals surface area contributed by atoms with E-state index in [0.29, 0.717) is 18.4 Å². The Hall–Kier alpha value is -0.610. The maximum absolute atomic E-state index is 11.4. The lowest BCUT2D eigenvalue weighted by molar-refractivity contribution is -0.184. The van der Waals surface area contributed by atoms with E-state index >= 15 is 0 Å². The van der Waals surface area contributed by atoms with Crippen LogP contribution in [0.25, 0.3) is 0 Å². The second-order valence-electron chi connectivity index (χ2n) is 5.51. The highest BCUT2D eigenvalue weighted by molar-refractivity contribution is 5.76. The molecule has 17 heavy (non-hydrogen) atoms. The molecule has 1 aliphatic carbocycles. The van der Waals surface area contributed by atoms with Crippen LogP contribution >= 0.6 is 0 Å². The number of carbonyl (C=O) groups excluding carboxylic acids is 1. The maximum atomic E-state index is 11.4. The van der Waals surface area contributed by atoms with Gasteiger partial charge in [-0.3, -0.25) is 4.79 Å². The summed E-state index contributed by atoms with van der Waals surface area (Å²) in [6.07, 6.45) is 7.11. The molecule has 0 radical (unpaired) electrons. The molecule has 96 valence electrons. The molecule has 0 aromatic heterocycles. The zero-order valence-electron chi connectivity index (χ0n) is 10.2. The molecule has 2 heterocycles. The van der Waals surface area contributed by atoms with Crippen molar-refractivity contribution in [3.63, 3.8) is 0 Å². The van der Waals surface area contributed by atoms with E-state index in [1.165, 1.54) is 0 Å². The van der Waals surface area contributed by atoms with E-state index in [1.54, 1.807) is 0 Å². The van der Waals surface area contributed by atoms with Crippen molar-refractivity contribution in [1.29, 1.82) is 0 Å². The van der Waals surface area contributed by atoms with Crippen molar-refractivity contribution in [2.45, 2.75) is 56.8 Å². The summed E-state index contributed by atoms with van der Waals surface area (Å²) in [6.45, 7) is 1.48. The van der Waals surface area contributed by atoms with E-state index < -0.39 is 0 Å². The first kappa shape index (κ1) is 11.5. The molecule has 1 unspecified atom stereocenters. The molecular weight excluding hydrogens is 218 g/mol. The molecule has 0 aromatic rings. The molecule has 1 amide bonds. The van der Waals surface area contributed by atoms with Gasteiger partial charge >= 0.3 is 0 Å². The van der Waals surface area contributed by atoms with E-state index in [2.05, 4.69) is 5.32 Å². The predicted molar refractivity (Wildman–Crippen MR) is 62.4 cm³/mol. The first-order valence-corrected chi connectivity index (χ1v) is 6.85. The van der Waals surface area contributed by atoms with Crippen LogP contribution < -0.4 is 5.32 Å². The molecule has 1 N–H and O–H groups in total. The fraction of sp³-hybridized carbons (Fsp3) is 0.923. The normalized spacial score (nSPS) is 33.9. The Kier molecular flexibility index (Phi) is 3.09. The average molecular weight is 239 g/mol. The third-order valence-electron chi connectivity index (χ3n) is 4.44. The van der Waals surface area contributed by atoms with Crippen LogP contribution in [0.1, 0.15) is 44.9 Å². The number of nitrogens with one attached hydrogen (secondary N) is 1. The van der Waals surface area contributed by atoms with Gasteiger partial charge in [0, 0.05) is 25.3 Å². The smallest absolute Gasteiger partial charge is 0.220 e. The highest BCUT2D eigenvalue weighted by Crippen LogP contribution is 2.40. The van der Waals surface area contributed by atoms with Gasteiger partial charge in [0.2, 0.25) is 5.91 Å². The summed E-state index contributed by atoms with van der Waals surface area (Å²) < 4.78 is 11.5. The Labute approximate surface area is 102 Å². The Morgan fingerprint density at radius 2 is 1.82 bits per heavy atom. The van der Waals surface area contributed by atoms with Gasteiger partial charge < -0.3 is 14.8 Å². The zero-order chi connectivity index (χ0) is 11.7.